The van der Waals surface area contributed by atoms with Gasteiger partial charge < -0.3 is 25.3 Å². The first-order valence-corrected chi connectivity index (χ1v) is 15.5. The van der Waals surface area contributed by atoms with Crippen LogP contribution in [0.4, 0.5) is 4.39 Å². The van der Waals surface area contributed by atoms with Crippen molar-refractivity contribution in [2.45, 2.75) is 58.0 Å². The topological polar surface area (TPSA) is 100 Å². The average molecular weight is 594 g/mol. The highest BCUT2D eigenvalue weighted by atomic mass is 19.1. The molecule has 5 aromatic rings. The Labute approximate surface area is 257 Å². The monoisotopic (exact) mass is 593 g/mol. The predicted octanol–water partition coefficient (Wildman–Crippen LogP) is 6.92. The number of halogens is 1. The summed E-state index contributed by atoms with van der Waals surface area (Å²) in [6, 6.07) is 16.5. The molecule has 8 heteroatoms. The molecule has 1 fully saturated rings. The molecule has 4 N–H and O–H groups in total. The van der Waals surface area contributed by atoms with Crippen molar-refractivity contribution >= 4 is 33.9 Å². The molecule has 3 aromatic carbocycles. The molecule has 2 aromatic heterocycles. The summed E-state index contributed by atoms with van der Waals surface area (Å²) < 4.78 is 16.0. The van der Waals surface area contributed by atoms with Crippen molar-refractivity contribution in [2.75, 3.05) is 20.1 Å². The maximum absolute atomic E-state index is 13.7. The number of benzene rings is 3. The van der Waals surface area contributed by atoms with Gasteiger partial charge in [-0.25, -0.2) is 9.37 Å². The smallest absolute Gasteiger partial charge is 0.248 e. The highest BCUT2D eigenvalue weighted by Gasteiger charge is 2.29. The fraction of sp³-hybridized carbons (Fsp3) is 0.333. The van der Waals surface area contributed by atoms with Crippen molar-refractivity contribution in [1.29, 1.82) is 0 Å². The average Bonchev–Trinajstić information content (AvgIpc) is 3.58. The molecule has 1 amide bonds. The van der Waals surface area contributed by atoms with E-state index in [1.807, 2.05) is 31.2 Å². The Morgan fingerprint density at radius 1 is 1.14 bits per heavy atom. The van der Waals surface area contributed by atoms with Crippen molar-refractivity contribution in [3.8, 4) is 17.1 Å². The van der Waals surface area contributed by atoms with E-state index in [-0.39, 0.29) is 11.4 Å². The third-order valence-corrected chi connectivity index (χ3v) is 9.03. The maximum atomic E-state index is 13.7. The summed E-state index contributed by atoms with van der Waals surface area (Å²) >= 11 is 0. The zero-order chi connectivity index (χ0) is 31.0. The van der Waals surface area contributed by atoms with Gasteiger partial charge in [-0.1, -0.05) is 37.6 Å². The maximum Gasteiger partial charge on any atom is 0.248 e. The number of aromatic amines is 1. The molecule has 3 heterocycles. The Morgan fingerprint density at radius 2 is 1.93 bits per heavy atom. The van der Waals surface area contributed by atoms with Crippen LogP contribution in [0.3, 0.4) is 0 Å². The third kappa shape index (κ3) is 5.67. The summed E-state index contributed by atoms with van der Waals surface area (Å²) in [6.07, 6.45) is 10.2. The zero-order valence-electron chi connectivity index (χ0n) is 25.7. The molecule has 0 spiro atoms. The first-order chi connectivity index (χ1) is 21.2. The van der Waals surface area contributed by atoms with Crippen molar-refractivity contribution in [3.05, 3.63) is 88.9 Å². The van der Waals surface area contributed by atoms with Crippen molar-refractivity contribution in [3.63, 3.8) is 0 Å². The summed E-state index contributed by atoms with van der Waals surface area (Å²) in [6.45, 7) is 6.14. The molecule has 1 saturated heterocycles. The van der Waals surface area contributed by atoms with Crippen LogP contribution >= 0.6 is 0 Å². The zero-order valence-corrected chi connectivity index (χ0v) is 25.7. The van der Waals surface area contributed by atoms with Gasteiger partial charge >= 0.3 is 0 Å². The highest BCUT2D eigenvalue weighted by molar-refractivity contribution is 6.03. The quantitative estimate of drug-likeness (QED) is 0.206. The molecule has 7 nitrogen and oxygen atoms in total. The van der Waals surface area contributed by atoms with Crippen LogP contribution in [-0.4, -0.2) is 56.2 Å². The molecule has 7 rings (SSSR count). The van der Waals surface area contributed by atoms with Crippen LogP contribution in [0.2, 0.25) is 0 Å². The Hall–Kier alpha value is -4.27. The number of primary amides is 1. The van der Waals surface area contributed by atoms with Gasteiger partial charge in [-0.05, 0) is 94.1 Å². The third-order valence-electron chi connectivity index (χ3n) is 9.03. The Balaban J connectivity index is 0.000000265. The van der Waals surface area contributed by atoms with Crippen LogP contribution in [0.5, 0.6) is 0 Å². The van der Waals surface area contributed by atoms with Crippen molar-refractivity contribution in [2.24, 2.45) is 5.73 Å². The minimum Gasteiger partial charge on any atom is -0.390 e. The minimum absolute atomic E-state index is 0.294. The molecule has 0 unspecified atom stereocenters. The number of nitrogens with zero attached hydrogens (tertiary/aromatic N) is 3. The number of fused-ring (bicyclic) bond motifs is 4. The molecule has 0 bridgehead atoms. The number of imidazole rings is 1. The van der Waals surface area contributed by atoms with Gasteiger partial charge in [0.25, 0.3) is 0 Å². The van der Waals surface area contributed by atoms with Crippen LogP contribution in [-0.2, 0) is 6.42 Å². The van der Waals surface area contributed by atoms with Crippen molar-refractivity contribution < 1.29 is 14.3 Å². The van der Waals surface area contributed by atoms with E-state index >= 15 is 0 Å². The number of aromatic nitrogens is 3. The molecule has 1 aliphatic carbocycles. The number of rotatable bonds is 5. The van der Waals surface area contributed by atoms with E-state index in [9.17, 15) is 14.3 Å². The van der Waals surface area contributed by atoms with Crippen LogP contribution in [0, 0.1) is 12.7 Å². The summed E-state index contributed by atoms with van der Waals surface area (Å²) in [5, 5.41) is 11.1. The Morgan fingerprint density at radius 3 is 2.66 bits per heavy atom. The summed E-state index contributed by atoms with van der Waals surface area (Å²) in [5.74, 6) is -0.0116. The van der Waals surface area contributed by atoms with E-state index < -0.39 is 5.91 Å². The molecule has 2 aliphatic rings. The number of hydrogen-bond donors (Lipinski definition) is 3. The number of nitrogens with two attached hydrogens (primary N) is 1. The lowest BCUT2D eigenvalue weighted by Crippen LogP contribution is -2.42. The lowest BCUT2D eigenvalue weighted by atomic mass is 9.87. The van der Waals surface area contributed by atoms with Crippen LogP contribution in [0.15, 0.2) is 60.7 Å². The molecular weight excluding hydrogens is 553 g/mol. The number of likely N-dealkylation sites (tertiary alicyclic amines) is 1. The summed E-state index contributed by atoms with van der Waals surface area (Å²) in [5.41, 5.74) is 13.4. The minimum atomic E-state index is -0.426. The van der Waals surface area contributed by atoms with Crippen molar-refractivity contribution in [1.82, 2.24) is 19.4 Å². The molecule has 44 heavy (non-hydrogen) atoms. The van der Waals surface area contributed by atoms with Gasteiger partial charge in [-0.3, -0.25) is 4.79 Å². The lowest BCUT2D eigenvalue weighted by molar-refractivity contribution is -0.0227. The van der Waals surface area contributed by atoms with E-state index in [1.165, 1.54) is 17.8 Å². The standard InChI is InChI=1S/C27H21FN4O.C9H19NO/c1-15-13-17(10-11-18(15)26(29)33)32-23-7-3-2-5-19(23)25-20(6-4-8-24(25)32)27-30-21-12-9-16(28)14-22(21)31-27;1-3-4-9(11)5-7-10(2)8-6-9/h2,4-6,8-14H,3,7H2,1H3,(H2,29,33)(H,30,31);11H,3-8H2,1-2H3. The summed E-state index contributed by atoms with van der Waals surface area (Å²) in [4.78, 5) is 22.1. The highest BCUT2D eigenvalue weighted by Crippen LogP contribution is 2.39. The van der Waals surface area contributed by atoms with E-state index in [1.54, 1.807) is 12.1 Å². The molecule has 228 valence electrons. The number of aliphatic hydroxyl groups is 1. The lowest BCUT2D eigenvalue weighted by Gasteiger charge is -2.36. The van der Waals surface area contributed by atoms with E-state index in [4.69, 9.17) is 10.7 Å². The predicted molar refractivity (Wildman–Crippen MR) is 176 cm³/mol. The number of amides is 1. The van der Waals surface area contributed by atoms with Gasteiger partial charge in [-0.2, -0.15) is 0 Å². The number of carbonyl (C=O) groups is 1. The van der Waals surface area contributed by atoms with Gasteiger partial charge in [0.15, 0.2) is 0 Å². The second kappa shape index (κ2) is 12.0. The molecule has 0 radical (unpaired) electrons. The second-order valence-electron chi connectivity index (χ2n) is 12.2. The van der Waals surface area contributed by atoms with Gasteiger partial charge in [0, 0.05) is 46.5 Å². The molecule has 0 saturated carbocycles. The fourth-order valence-electron chi connectivity index (χ4n) is 6.68. The number of piperidine rings is 1. The SMILES string of the molecule is CCCC1(O)CCN(C)CC1.Cc1cc(-n2c3c(c4c(-c5nc6ccc(F)cc6[nH]5)cccc42)C=CCC3)ccc1C(N)=O. The van der Waals surface area contributed by atoms with Gasteiger partial charge in [0.05, 0.1) is 22.2 Å². The number of hydrogen-bond acceptors (Lipinski definition) is 4. The first-order valence-electron chi connectivity index (χ1n) is 15.5. The first kappa shape index (κ1) is 29.8. The van der Waals surface area contributed by atoms with Crippen LogP contribution in [0.1, 0.15) is 66.2 Å². The van der Waals surface area contributed by atoms with Gasteiger partial charge in [0.2, 0.25) is 5.91 Å². The van der Waals surface area contributed by atoms with Crippen LogP contribution in [0.25, 0.3) is 45.1 Å². The van der Waals surface area contributed by atoms with E-state index in [2.05, 4.69) is 46.6 Å². The van der Waals surface area contributed by atoms with E-state index in [0.29, 0.717) is 16.9 Å². The molecule has 1 aliphatic heterocycles. The Kier molecular flexibility index (Phi) is 8.14. The number of carbonyl (C=O) groups excluding carboxylic acids is 1. The van der Waals surface area contributed by atoms with Gasteiger partial charge in [0.1, 0.15) is 11.6 Å². The second-order valence-corrected chi connectivity index (χ2v) is 12.2. The largest absolute Gasteiger partial charge is 0.390 e. The normalized spacial score (nSPS) is 16.1. The number of H-pyrrole nitrogens is 1. The van der Waals surface area contributed by atoms with Crippen LogP contribution < -0.4 is 5.73 Å². The number of aryl methyl sites for hydroxylation is 1. The number of allylic oxidation sites excluding steroid dienone is 1. The Bertz CT molecular complexity index is 1880. The fourth-order valence-corrected chi connectivity index (χ4v) is 6.68. The molecule has 0 atom stereocenters. The summed E-state index contributed by atoms with van der Waals surface area (Å²) in [7, 11) is 2.12. The molecular formula is C36H40FN5O2. The van der Waals surface area contributed by atoms with Gasteiger partial charge in [-0.15, -0.1) is 0 Å². The number of nitrogens with one attached hydrogen (secondary N) is 1. The van der Waals surface area contributed by atoms with E-state index in [0.717, 1.165) is 90.4 Å².